The molecule has 25 heavy (non-hydrogen) atoms. The smallest absolute Gasteiger partial charge is 0.412 e. The van der Waals surface area contributed by atoms with Gasteiger partial charge in [0.25, 0.3) is 5.91 Å². The Morgan fingerprint density at radius 2 is 1.88 bits per heavy atom. The first-order valence-corrected chi connectivity index (χ1v) is 8.70. The molecule has 0 saturated heterocycles. The maximum atomic E-state index is 12.3. The first-order valence-electron chi connectivity index (χ1n) is 7.89. The Labute approximate surface area is 150 Å². The second-order valence-corrected chi connectivity index (χ2v) is 7.77. The van der Waals surface area contributed by atoms with Gasteiger partial charge in [-0.2, -0.15) is 0 Å². The van der Waals surface area contributed by atoms with Gasteiger partial charge < -0.3 is 4.74 Å². The quantitative estimate of drug-likeness (QED) is 0.847. The number of anilines is 2. The molecule has 2 rings (SSSR count). The zero-order valence-electron chi connectivity index (χ0n) is 14.9. The number of carbonyl (C=O) groups excluding carboxylic acids is 2. The summed E-state index contributed by atoms with van der Waals surface area (Å²) in [6.07, 6.45) is -0.573. The van der Waals surface area contributed by atoms with Gasteiger partial charge in [0, 0.05) is 17.2 Å². The van der Waals surface area contributed by atoms with Crippen molar-refractivity contribution < 1.29 is 14.3 Å². The lowest BCUT2D eigenvalue weighted by Gasteiger charge is -2.19. The van der Waals surface area contributed by atoms with E-state index in [2.05, 4.69) is 20.8 Å². The van der Waals surface area contributed by atoms with Gasteiger partial charge in [0.1, 0.15) is 10.6 Å². The van der Waals surface area contributed by atoms with Crippen LogP contribution in [-0.2, 0) is 4.74 Å². The molecule has 0 aliphatic heterocycles. The molecule has 134 valence electrons. The molecule has 0 spiro atoms. The number of hydrogen-bond acceptors (Lipinski definition) is 6. The van der Waals surface area contributed by atoms with E-state index in [-0.39, 0.29) is 11.8 Å². The predicted octanol–water partition coefficient (Wildman–Crippen LogP) is 4.26. The summed E-state index contributed by atoms with van der Waals surface area (Å²) in [5.41, 5.74) is 0.280. The fourth-order valence-corrected chi connectivity index (χ4v) is 2.59. The molecule has 0 unspecified atom stereocenters. The molecule has 0 atom stereocenters. The average molecular weight is 362 g/mol. The van der Waals surface area contributed by atoms with Crippen molar-refractivity contribution in [3.8, 4) is 0 Å². The van der Waals surface area contributed by atoms with Crippen molar-refractivity contribution in [1.29, 1.82) is 0 Å². The van der Waals surface area contributed by atoms with Crippen molar-refractivity contribution in [2.24, 2.45) is 0 Å². The molecule has 1 heterocycles. The summed E-state index contributed by atoms with van der Waals surface area (Å²) in [6.45, 7) is 9.37. The molecule has 0 radical (unpaired) electrons. The maximum Gasteiger partial charge on any atom is 0.412 e. The highest BCUT2D eigenvalue weighted by Gasteiger charge is 2.17. The fourth-order valence-electron chi connectivity index (χ4n) is 1.85. The topological polar surface area (TPSA) is 93.2 Å². The van der Waals surface area contributed by atoms with Crippen molar-refractivity contribution in [3.63, 3.8) is 0 Å². The number of nitrogens with zero attached hydrogens (tertiary/aromatic N) is 2. The minimum absolute atomic E-state index is 0.254. The number of amides is 2. The maximum absolute atomic E-state index is 12.3. The van der Waals surface area contributed by atoms with Gasteiger partial charge in [-0.05, 0) is 39.0 Å². The minimum atomic E-state index is -0.592. The van der Waals surface area contributed by atoms with Crippen LogP contribution in [0, 0.1) is 0 Å². The van der Waals surface area contributed by atoms with Crippen molar-refractivity contribution >= 4 is 34.2 Å². The van der Waals surface area contributed by atoms with E-state index in [4.69, 9.17) is 4.74 Å². The Hall–Kier alpha value is -2.48. The summed E-state index contributed by atoms with van der Waals surface area (Å²) in [4.78, 5) is 24.2. The molecule has 1 aromatic heterocycles. The van der Waals surface area contributed by atoms with E-state index in [1.54, 1.807) is 45.0 Å². The SMILES string of the molecule is CC(C)c1nnc(NC(=O)c2cccc(NC(=O)OC(C)(C)C)c2)s1. The van der Waals surface area contributed by atoms with Gasteiger partial charge >= 0.3 is 6.09 Å². The highest BCUT2D eigenvalue weighted by molar-refractivity contribution is 7.15. The molecule has 2 N–H and O–H groups in total. The van der Waals surface area contributed by atoms with Crippen LogP contribution in [0.25, 0.3) is 0 Å². The standard InChI is InChI=1S/C17H22N4O3S/c1-10(2)14-20-21-15(25-14)19-13(22)11-7-6-8-12(9-11)18-16(23)24-17(3,4)5/h6-10H,1-5H3,(H,18,23)(H,19,21,22). The van der Waals surface area contributed by atoms with Crippen molar-refractivity contribution in [3.05, 3.63) is 34.8 Å². The first-order chi connectivity index (χ1) is 11.6. The predicted molar refractivity (Wildman–Crippen MR) is 98.2 cm³/mol. The van der Waals surface area contributed by atoms with Crippen LogP contribution in [0.2, 0.25) is 0 Å². The zero-order chi connectivity index (χ0) is 18.6. The van der Waals surface area contributed by atoms with E-state index < -0.39 is 11.7 Å². The molecule has 0 aliphatic carbocycles. The Morgan fingerprint density at radius 1 is 1.16 bits per heavy atom. The summed E-state index contributed by atoms with van der Waals surface area (Å²) in [5.74, 6) is -0.0659. The number of rotatable bonds is 4. The van der Waals surface area contributed by atoms with Crippen LogP contribution < -0.4 is 10.6 Å². The van der Waals surface area contributed by atoms with Gasteiger partial charge in [0.05, 0.1) is 0 Å². The molecule has 2 aromatic rings. The molecular formula is C17H22N4O3S. The van der Waals surface area contributed by atoms with Crippen LogP contribution in [0.15, 0.2) is 24.3 Å². The first kappa shape index (κ1) is 18.9. The summed E-state index contributed by atoms with van der Waals surface area (Å²) in [6, 6.07) is 6.59. The fraction of sp³-hybridized carbons (Fsp3) is 0.412. The Morgan fingerprint density at radius 3 is 2.48 bits per heavy atom. The van der Waals surface area contributed by atoms with Crippen LogP contribution >= 0.6 is 11.3 Å². The van der Waals surface area contributed by atoms with Crippen LogP contribution in [0.5, 0.6) is 0 Å². The molecule has 0 bridgehead atoms. The van der Waals surface area contributed by atoms with E-state index in [0.29, 0.717) is 16.4 Å². The van der Waals surface area contributed by atoms with Gasteiger partial charge in [-0.15, -0.1) is 10.2 Å². The lowest BCUT2D eigenvalue weighted by molar-refractivity contribution is 0.0635. The molecule has 8 heteroatoms. The number of aromatic nitrogens is 2. The monoisotopic (exact) mass is 362 g/mol. The molecule has 0 fully saturated rings. The Balaban J connectivity index is 2.04. The molecule has 0 aliphatic rings. The van der Waals surface area contributed by atoms with Gasteiger partial charge in [-0.1, -0.05) is 31.3 Å². The van der Waals surface area contributed by atoms with E-state index in [0.717, 1.165) is 5.01 Å². The van der Waals surface area contributed by atoms with Crippen LogP contribution in [-0.4, -0.2) is 27.8 Å². The van der Waals surface area contributed by atoms with Crippen molar-refractivity contribution in [2.75, 3.05) is 10.6 Å². The molecule has 2 amide bonds. The molecule has 1 aromatic carbocycles. The summed E-state index contributed by atoms with van der Waals surface area (Å²) >= 11 is 1.34. The van der Waals surface area contributed by atoms with Crippen LogP contribution in [0.3, 0.4) is 0 Å². The highest BCUT2D eigenvalue weighted by Crippen LogP contribution is 2.23. The van der Waals surface area contributed by atoms with E-state index in [9.17, 15) is 9.59 Å². The highest BCUT2D eigenvalue weighted by atomic mass is 32.1. The van der Waals surface area contributed by atoms with Gasteiger partial charge in [-0.3, -0.25) is 15.4 Å². The third kappa shape index (κ3) is 5.82. The Kier molecular flexibility index (Phi) is 5.73. The largest absolute Gasteiger partial charge is 0.444 e. The number of benzene rings is 1. The summed E-state index contributed by atoms with van der Waals surface area (Å²) in [5, 5.41) is 14.6. The summed E-state index contributed by atoms with van der Waals surface area (Å²) < 4.78 is 5.20. The lowest BCUT2D eigenvalue weighted by Crippen LogP contribution is -2.27. The number of ether oxygens (including phenoxy) is 1. The van der Waals surface area contributed by atoms with Gasteiger partial charge in [-0.25, -0.2) is 4.79 Å². The third-order valence-electron chi connectivity index (χ3n) is 2.93. The lowest BCUT2D eigenvalue weighted by atomic mass is 10.2. The van der Waals surface area contributed by atoms with Crippen molar-refractivity contribution in [2.45, 2.75) is 46.1 Å². The second-order valence-electron chi connectivity index (χ2n) is 6.76. The molecule has 7 nitrogen and oxygen atoms in total. The molecular weight excluding hydrogens is 340 g/mol. The van der Waals surface area contributed by atoms with Crippen LogP contribution in [0.1, 0.15) is 55.9 Å². The second kappa shape index (κ2) is 7.60. The Bertz CT molecular complexity index is 765. The number of hydrogen-bond donors (Lipinski definition) is 2. The third-order valence-corrected chi connectivity index (χ3v) is 4.06. The van der Waals surface area contributed by atoms with Gasteiger partial charge in [0.15, 0.2) is 0 Å². The zero-order valence-corrected chi connectivity index (χ0v) is 15.7. The normalized spacial score (nSPS) is 11.3. The van der Waals surface area contributed by atoms with Crippen molar-refractivity contribution in [1.82, 2.24) is 10.2 Å². The summed E-state index contributed by atoms with van der Waals surface area (Å²) in [7, 11) is 0. The van der Waals surface area contributed by atoms with Gasteiger partial charge in [0.2, 0.25) is 5.13 Å². The average Bonchev–Trinajstić information content (AvgIpc) is 2.94. The van der Waals surface area contributed by atoms with E-state index in [1.165, 1.54) is 11.3 Å². The van der Waals surface area contributed by atoms with Crippen LogP contribution in [0.4, 0.5) is 15.6 Å². The number of carbonyl (C=O) groups is 2. The number of nitrogens with one attached hydrogen (secondary N) is 2. The van der Waals surface area contributed by atoms with E-state index >= 15 is 0 Å². The minimum Gasteiger partial charge on any atom is -0.444 e. The van der Waals surface area contributed by atoms with E-state index in [1.807, 2.05) is 13.8 Å². The molecule has 0 saturated carbocycles.